The van der Waals surface area contributed by atoms with Gasteiger partial charge in [-0.2, -0.15) is 11.8 Å². The normalized spacial score (nSPS) is 12.9. The number of non-ortho nitro benzene ring substituents is 1. The molecule has 9 nitrogen and oxygen atoms in total. The molecule has 174 valence electrons. The van der Waals surface area contributed by atoms with Crippen LogP contribution in [0.1, 0.15) is 42.4 Å². The summed E-state index contributed by atoms with van der Waals surface area (Å²) in [6.45, 7) is 5.99. The van der Waals surface area contributed by atoms with Crippen molar-refractivity contribution in [3.8, 4) is 0 Å². The van der Waals surface area contributed by atoms with Crippen molar-refractivity contribution >= 4 is 29.3 Å². The smallest absolute Gasteiger partial charge is 0.270 e. The number of nitrogens with one attached hydrogen (secondary N) is 2. The SMILES string of the molecule is CCN(CC)C(CNC(=O)C(CCSC)NC(=O)c1cccc([N+](=O)[O-])c1)c1ccco1. The monoisotopic (exact) mass is 462 g/mol. The van der Waals surface area contributed by atoms with E-state index >= 15 is 0 Å². The molecule has 0 fully saturated rings. The van der Waals surface area contributed by atoms with Gasteiger partial charge in [-0.15, -0.1) is 0 Å². The van der Waals surface area contributed by atoms with Crippen molar-refractivity contribution in [2.24, 2.45) is 0 Å². The molecule has 10 heteroatoms. The summed E-state index contributed by atoms with van der Waals surface area (Å²) < 4.78 is 5.57. The van der Waals surface area contributed by atoms with Crippen molar-refractivity contribution in [2.75, 3.05) is 31.6 Å². The lowest BCUT2D eigenvalue weighted by molar-refractivity contribution is -0.384. The number of furan rings is 1. The molecule has 0 saturated carbocycles. The molecule has 2 unspecified atom stereocenters. The Balaban J connectivity index is 2.10. The van der Waals surface area contributed by atoms with Gasteiger partial charge in [-0.25, -0.2) is 0 Å². The first-order chi connectivity index (χ1) is 15.4. The van der Waals surface area contributed by atoms with Gasteiger partial charge in [-0.05, 0) is 49.7 Å². The number of benzene rings is 1. The van der Waals surface area contributed by atoms with Crippen LogP contribution >= 0.6 is 11.8 Å². The molecule has 0 aliphatic rings. The fourth-order valence-corrected chi connectivity index (χ4v) is 3.85. The van der Waals surface area contributed by atoms with Gasteiger partial charge < -0.3 is 15.1 Å². The summed E-state index contributed by atoms with van der Waals surface area (Å²) in [5.41, 5.74) is -0.0407. The summed E-state index contributed by atoms with van der Waals surface area (Å²) >= 11 is 1.57. The van der Waals surface area contributed by atoms with Gasteiger partial charge in [0.05, 0.1) is 17.2 Å². The zero-order valence-electron chi connectivity index (χ0n) is 18.6. The van der Waals surface area contributed by atoms with Gasteiger partial charge in [-0.3, -0.25) is 24.6 Å². The van der Waals surface area contributed by atoms with E-state index in [4.69, 9.17) is 4.42 Å². The summed E-state index contributed by atoms with van der Waals surface area (Å²) in [4.78, 5) is 38.3. The van der Waals surface area contributed by atoms with Crippen LogP contribution in [0.25, 0.3) is 0 Å². The second-order valence-corrected chi connectivity index (χ2v) is 8.10. The Bertz CT molecular complexity index is 886. The molecule has 0 aliphatic carbocycles. The highest BCUT2D eigenvalue weighted by molar-refractivity contribution is 7.98. The number of hydrogen-bond donors (Lipinski definition) is 2. The number of carbonyl (C=O) groups is 2. The molecule has 1 aromatic heterocycles. The van der Waals surface area contributed by atoms with Crippen molar-refractivity contribution in [2.45, 2.75) is 32.4 Å². The summed E-state index contributed by atoms with van der Waals surface area (Å²) in [5, 5.41) is 16.7. The maximum absolute atomic E-state index is 13.0. The van der Waals surface area contributed by atoms with Gasteiger partial charge >= 0.3 is 0 Å². The van der Waals surface area contributed by atoms with Crippen LogP contribution in [0.4, 0.5) is 5.69 Å². The van der Waals surface area contributed by atoms with Crippen LogP contribution in [-0.2, 0) is 4.79 Å². The molecule has 2 amide bonds. The molecule has 0 saturated heterocycles. The minimum atomic E-state index is -0.761. The quantitative estimate of drug-likeness (QED) is 0.347. The minimum Gasteiger partial charge on any atom is -0.468 e. The molecule has 1 aromatic carbocycles. The van der Waals surface area contributed by atoms with Crippen LogP contribution in [0.15, 0.2) is 47.1 Å². The highest BCUT2D eigenvalue weighted by Crippen LogP contribution is 2.20. The van der Waals surface area contributed by atoms with E-state index in [0.29, 0.717) is 18.7 Å². The van der Waals surface area contributed by atoms with E-state index in [0.717, 1.165) is 18.8 Å². The fourth-order valence-electron chi connectivity index (χ4n) is 3.38. The van der Waals surface area contributed by atoms with Crippen LogP contribution in [-0.4, -0.2) is 59.3 Å². The van der Waals surface area contributed by atoms with E-state index in [1.165, 1.54) is 24.3 Å². The Morgan fingerprint density at radius 2 is 1.97 bits per heavy atom. The number of nitrogens with zero attached hydrogens (tertiary/aromatic N) is 2. The molecule has 2 rings (SSSR count). The standard InChI is InChI=1S/C22H30N4O5S/c1-4-25(5-2)19(20-10-7-12-31-20)15-23-22(28)18(11-13-32-3)24-21(27)16-8-6-9-17(14-16)26(29)30/h6-10,12,14,18-19H,4-5,11,13,15H2,1-3H3,(H,23,28)(H,24,27). The van der Waals surface area contributed by atoms with Crippen molar-refractivity contribution < 1.29 is 18.9 Å². The first-order valence-corrected chi connectivity index (χ1v) is 11.9. The third-order valence-electron chi connectivity index (χ3n) is 5.15. The Kier molecular flexibility index (Phi) is 10.2. The molecule has 1 heterocycles. The maximum atomic E-state index is 13.0. The van der Waals surface area contributed by atoms with Crippen LogP contribution in [0.5, 0.6) is 0 Å². The second-order valence-electron chi connectivity index (χ2n) is 7.11. The number of nitro benzene ring substituents is 1. The summed E-state index contributed by atoms with van der Waals surface area (Å²) in [5.74, 6) is 0.600. The Morgan fingerprint density at radius 3 is 2.56 bits per heavy atom. The third kappa shape index (κ3) is 7.10. The Labute approximate surface area is 192 Å². The topological polar surface area (TPSA) is 118 Å². The first-order valence-electron chi connectivity index (χ1n) is 10.5. The van der Waals surface area contributed by atoms with E-state index in [1.807, 2.05) is 32.2 Å². The lowest BCUT2D eigenvalue weighted by atomic mass is 10.1. The zero-order valence-corrected chi connectivity index (χ0v) is 19.4. The number of thioether (sulfide) groups is 1. The maximum Gasteiger partial charge on any atom is 0.270 e. The van der Waals surface area contributed by atoms with E-state index < -0.39 is 16.9 Å². The summed E-state index contributed by atoms with van der Waals surface area (Å²) in [7, 11) is 0. The number of carbonyl (C=O) groups excluding carboxylic acids is 2. The molecule has 0 spiro atoms. The molecule has 2 N–H and O–H groups in total. The van der Waals surface area contributed by atoms with Crippen LogP contribution < -0.4 is 10.6 Å². The first kappa shape index (κ1) is 25.4. The van der Waals surface area contributed by atoms with Gasteiger partial charge in [0.1, 0.15) is 11.8 Å². The molecule has 2 aromatic rings. The lowest BCUT2D eigenvalue weighted by Gasteiger charge is -2.29. The highest BCUT2D eigenvalue weighted by atomic mass is 32.2. The van der Waals surface area contributed by atoms with Gasteiger partial charge in [-0.1, -0.05) is 19.9 Å². The number of rotatable bonds is 13. The van der Waals surface area contributed by atoms with Crippen molar-refractivity contribution in [3.63, 3.8) is 0 Å². The Morgan fingerprint density at radius 1 is 1.22 bits per heavy atom. The Hall–Kier alpha value is -2.85. The number of hydrogen-bond acceptors (Lipinski definition) is 7. The lowest BCUT2D eigenvalue weighted by Crippen LogP contribution is -2.49. The predicted octanol–water partition coefficient (Wildman–Crippen LogP) is 3.24. The number of likely N-dealkylation sites (N-methyl/N-ethyl adjacent to an activating group) is 1. The van der Waals surface area contributed by atoms with Gasteiger partial charge in [0.15, 0.2) is 0 Å². The van der Waals surface area contributed by atoms with Gasteiger partial charge in [0, 0.05) is 24.2 Å². The van der Waals surface area contributed by atoms with Crippen LogP contribution in [0, 0.1) is 10.1 Å². The predicted molar refractivity (Wildman–Crippen MR) is 125 cm³/mol. The molecular formula is C22H30N4O5S. The third-order valence-corrected chi connectivity index (χ3v) is 5.79. The molecule has 32 heavy (non-hydrogen) atoms. The highest BCUT2D eigenvalue weighted by Gasteiger charge is 2.25. The van der Waals surface area contributed by atoms with Crippen LogP contribution in [0.2, 0.25) is 0 Å². The number of amides is 2. The summed E-state index contributed by atoms with van der Waals surface area (Å²) in [6.07, 6.45) is 3.96. The van der Waals surface area contributed by atoms with E-state index in [9.17, 15) is 19.7 Å². The fraction of sp³-hybridized carbons (Fsp3) is 0.455. The number of nitro groups is 1. The average molecular weight is 463 g/mol. The molecule has 2 atom stereocenters. The van der Waals surface area contributed by atoms with Crippen molar-refractivity contribution in [3.05, 3.63) is 64.1 Å². The largest absolute Gasteiger partial charge is 0.468 e. The van der Waals surface area contributed by atoms with E-state index in [1.54, 1.807) is 18.0 Å². The van der Waals surface area contributed by atoms with Gasteiger partial charge in [0.2, 0.25) is 5.91 Å². The zero-order chi connectivity index (χ0) is 23.5. The summed E-state index contributed by atoms with van der Waals surface area (Å²) in [6, 6.07) is 8.25. The molecule has 0 radical (unpaired) electrons. The van der Waals surface area contributed by atoms with Crippen molar-refractivity contribution in [1.82, 2.24) is 15.5 Å². The molecule has 0 bridgehead atoms. The van der Waals surface area contributed by atoms with E-state index in [-0.39, 0.29) is 23.2 Å². The van der Waals surface area contributed by atoms with E-state index in [2.05, 4.69) is 15.5 Å². The minimum absolute atomic E-state index is 0.127. The van der Waals surface area contributed by atoms with Gasteiger partial charge in [0.25, 0.3) is 11.6 Å². The molecular weight excluding hydrogens is 432 g/mol. The second kappa shape index (κ2) is 12.9. The molecule has 0 aliphatic heterocycles. The van der Waals surface area contributed by atoms with Crippen LogP contribution in [0.3, 0.4) is 0 Å². The average Bonchev–Trinajstić information content (AvgIpc) is 3.33. The van der Waals surface area contributed by atoms with Crippen molar-refractivity contribution in [1.29, 1.82) is 0 Å².